The number of nitrogens with two attached hydrogens (primary N) is 2. The molecule has 2 rings (SSSR count). The molecular formula is C18H20N4O4. The van der Waals surface area contributed by atoms with E-state index in [2.05, 4.69) is 21.8 Å². The lowest BCUT2D eigenvalue weighted by Gasteiger charge is -2.13. The molecule has 0 atom stereocenters. The van der Waals surface area contributed by atoms with Crippen LogP contribution in [0.25, 0.3) is 0 Å². The van der Waals surface area contributed by atoms with E-state index in [1.165, 1.54) is 14.2 Å². The minimum atomic E-state index is -0.892. The summed E-state index contributed by atoms with van der Waals surface area (Å²) in [5.74, 6) is 6.31. The van der Waals surface area contributed by atoms with E-state index in [9.17, 15) is 4.79 Å². The van der Waals surface area contributed by atoms with Crippen LogP contribution >= 0.6 is 0 Å². The Balaban J connectivity index is 2.37. The van der Waals surface area contributed by atoms with Crippen molar-refractivity contribution in [1.29, 1.82) is 0 Å². The second-order valence-electron chi connectivity index (χ2n) is 5.39. The van der Waals surface area contributed by atoms with Crippen LogP contribution in [0, 0.1) is 11.8 Å². The predicted octanol–water partition coefficient (Wildman–Crippen LogP) is 1.47. The van der Waals surface area contributed by atoms with E-state index in [-0.39, 0.29) is 18.8 Å². The van der Waals surface area contributed by atoms with Crippen molar-refractivity contribution in [2.75, 3.05) is 25.7 Å². The van der Waals surface area contributed by atoms with Gasteiger partial charge < -0.3 is 26.0 Å². The van der Waals surface area contributed by atoms with Gasteiger partial charge in [0.25, 0.3) is 0 Å². The van der Waals surface area contributed by atoms with Gasteiger partial charge in [-0.05, 0) is 17.7 Å². The number of benzene rings is 1. The summed E-state index contributed by atoms with van der Waals surface area (Å²) in [7, 11) is 3.05. The molecule has 0 saturated carbocycles. The average Bonchev–Trinajstić information content (AvgIpc) is 2.60. The number of methoxy groups -OCH3 is 2. The molecule has 0 bridgehead atoms. The van der Waals surface area contributed by atoms with Crippen LogP contribution in [0.5, 0.6) is 11.5 Å². The molecule has 0 fully saturated rings. The van der Waals surface area contributed by atoms with E-state index in [1.807, 2.05) is 12.1 Å². The number of nitrogen functional groups attached to an aromatic ring is 2. The standard InChI is InChI=1S/C18H20N4O4/c1-25-14-9-11(8-13-10-21-18(20)22-17(13)19)7-12(16(14)26-2)5-3-4-6-15(23)24/h7,9-10H,4,6,8H2,1-2H3,(H,23,24)(H4,19,20,21,22). The SMILES string of the molecule is COc1cc(Cc2cnc(N)nc2N)cc(C#CCCC(=O)O)c1OC. The highest BCUT2D eigenvalue weighted by molar-refractivity contribution is 5.67. The lowest BCUT2D eigenvalue weighted by molar-refractivity contribution is -0.136. The maximum Gasteiger partial charge on any atom is 0.304 e. The number of nitrogens with zero attached hydrogens (tertiary/aromatic N) is 2. The molecule has 1 aromatic carbocycles. The molecule has 0 saturated heterocycles. The van der Waals surface area contributed by atoms with Crippen molar-refractivity contribution in [2.45, 2.75) is 19.3 Å². The van der Waals surface area contributed by atoms with Crippen LogP contribution in [0.3, 0.4) is 0 Å². The van der Waals surface area contributed by atoms with Gasteiger partial charge in [-0.2, -0.15) is 4.98 Å². The van der Waals surface area contributed by atoms with E-state index >= 15 is 0 Å². The summed E-state index contributed by atoms with van der Waals surface area (Å²) in [6.07, 6.45) is 2.25. The Morgan fingerprint density at radius 1 is 1.27 bits per heavy atom. The van der Waals surface area contributed by atoms with Gasteiger partial charge in [0.1, 0.15) is 5.82 Å². The lowest BCUT2D eigenvalue weighted by atomic mass is 10.0. The van der Waals surface area contributed by atoms with Gasteiger partial charge in [0.2, 0.25) is 5.95 Å². The first-order valence-corrected chi connectivity index (χ1v) is 7.77. The number of ether oxygens (including phenoxy) is 2. The van der Waals surface area contributed by atoms with Crippen LogP contribution in [0.1, 0.15) is 29.5 Å². The third-order valence-corrected chi connectivity index (χ3v) is 3.54. The molecule has 0 radical (unpaired) electrons. The highest BCUT2D eigenvalue weighted by Gasteiger charge is 2.13. The highest BCUT2D eigenvalue weighted by atomic mass is 16.5. The fraction of sp³-hybridized carbons (Fsp3) is 0.278. The normalized spacial score (nSPS) is 9.92. The predicted molar refractivity (Wildman–Crippen MR) is 97.0 cm³/mol. The minimum Gasteiger partial charge on any atom is -0.493 e. The number of aromatic nitrogens is 2. The minimum absolute atomic E-state index is 0.0224. The number of hydrogen-bond donors (Lipinski definition) is 3. The number of hydrogen-bond acceptors (Lipinski definition) is 7. The number of carboxylic acids is 1. The van der Waals surface area contributed by atoms with Gasteiger partial charge >= 0.3 is 5.97 Å². The van der Waals surface area contributed by atoms with Crippen molar-refractivity contribution < 1.29 is 19.4 Å². The molecule has 26 heavy (non-hydrogen) atoms. The number of rotatable bonds is 6. The van der Waals surface area contributed by atoms with Crippen molar-refractivity contribution in [3.63, 3.8) is 0 Å². The molecule has 5 N–H and O–H groups in total. The third-order valence-electron chi connectivity index (χ3n) is 3.54. The Kier molecular flexibility index (Phi) is 6.22. The topological polar surface area (TPSA) is 134 Å². The maximum atomic E-state index is 10.6. The molecule has 0 aliphatic carbocycles. The second kappa shape index (κ2) is 8.58. The van der Waals surface area contributed by atoms with E-state index in [1.54, 1.807) is 6.20 Å². The van der Waals surface area contributed by atoms with Crippen LogP contribution < -0.4 is 20.9 Å². The molecule has 136 valence electrons. The van der Waals surface area contributed by atoms with Crippen LogP contribution in [-0.2, 0) is 11.2 Å². The summed E-state index contributed by atoms with van der Waals surface area (Å²) in [6, 6.07) is 3.65. The van der Waals surface area contributed by atoms with Crippen LogP contribution in [0.4, 0.5) is 11.8 Å². The van der Waals surface area contributed by atoms with Crippen molar-refractivity contribution >= 4 is 17.7 Å². The lowest BCUT2D eigenvalue weighted by Crippen LogP contribution is -2.04. The van der Waals surface area contributed by atoms with Crippen LogP contribution in [-0.4, -0.2) is 35.3 Å². The zero-order valence-electron chi connectivity index (χ0n) is 14.6. The monoisotopic (exact) mass is 356 g/mol. The summed E-state index contributed by atoms with van der Waals surface area (Å²) in [6.45, 7) is 0. The molecule has 0 spiro atoms. The van der Waals surface area contributed by atoms with E-state index < -0.39 is 5.97 Å². The third kappa shape index (κ3) is 4.77. The number of aliphatic carboxylic acids is 1. The fourth-order valence-electron chi connectivity index (χ4n) is 2.33. The first kappa shape index (κ1) is 18.9. The number of carbonyl (C=O) groups is 1. The van der Waals surface area contributed by atoms with E-state index in [0.717, 1.165) is 11.1 Å². The van der Waals surface area contributed by atoms with E-state index in [0.29, 0.717) is 29.3 Å². The van der Waals surface area contributed by atoms with Gasteiger partial charge in [0, 0.05) is 24.6 Å². The summed E-state index contributed by atoms with van der Waals surface area (Å²) in [5.41, 5.74) is 13.6. The summed E-state index contributed by atoms with van der Waals surface area (Å²) >= 11 is 0. The fourth-order valence-corrected chi connectivity index (χ4v) is 2.33. The Morgan fingerprint density at radius 2 is 2.04 bits per heavy atom. The molecule has 8 heteroatoms. The average molecular weight is 356 g/mol. The van der Waals surface area contributed by atoms with E-state index in [4.69, 9.17) is 26.0 Å². The molecule has 0 unspecified atom stereocenters. The van der Waals surface area contributed by atoms with Gasteiger partial charge in [-0.25, -0.2) is 4.98 Å². The number of carboxylic acid groups (broad SMARTS) is 1. The maximum absolute atomic E-state index is 10.6. The van der Waals surface area contributed by atoms with Gasteiger partial charge in [0.05, 0.1) is 26.2 Å². The Morgan fingerprint density at radius 3 is 2.65 bits per heavy atom. The van der Waals surface area contributed by atoms with Crippen molar-refractivity contribution in [1.82, 2.24) is 9.97 Å². The van der Waals surface area contributed by atoms with Gasteiger partial charge in [-0.15, -0.1) is 0 Å². The molecule has 0 aliphatic heterocycles. The summed E-state index contributed by atoms with van der Waals surface area (Å²) in [5, 5.41) is 8.70. The zero-order valence-corrected chi connectivity index (χ0v) is 14.6. The Hall–Kier alpha value is -3.47. The summed E-state index contributed by atoms with van der Waals surface area (Å²) < 4.78 is 10.8. The molecule has 1 heterocycles. The summed E-state index contributed by atoms with van der Waals surface area (Å²) in [4.78, 5) is 18.5. The molecular weight excluding hydrogens is 336 g/mol. The molecule has 0 aliphatic rings. The first-order valence-electron chi connectivity index (χ1n) is 7.77. The zero-order chi connectivity index (χ0) is 19.1. The number of anilines is 2. The van der Waals surface area contributed by atoms with Gasteiger partial charge in [0.15, 0.2) is 11.5 Å². The highest BCUT2D eigenvalue weighted by Crippen LogP contribution is 2.33. The largest absolute Gasteiger partial charge is 0.493 e. The van der Waals surface area contributed by atoms with Gasteiger partial charge in [-0.1, -0.05) is 11.8 Å². The smallest absolute Gasteiger partial charge is 0.304 e. The molecule has 8 nitrogen and oxygen atoms in total. The Labute approximate surface area is 151 Å². The Bertz CT molecular complexity index is 871. The van der Waals surface area contributed by atoms with Crippen LogP contribution in [0.15, 0.2) is 18.3 Å². The van der Waals surface area contributed by atoms with Gasteiger partial charge in [-0.3, -0.25) is 4.79 Å². The van der Waals surface area contributed by atoms with Crippen molar-refractivity contribution in [3.05, 3.63) is 35.0 Å². The molecule has 1 aromatic heterocycles. The molecule has 0 amide bonds. The molecule has 2 aromatic rings. The second-order valence-corrected chi connectivity index (χ2v) is 5.39. The van der Waals surface area contributed by atoms with Crippen molar-refractivity contribution in [2.24, 2.45) is 0 Å². The van der Waals surface area contributed by atoms with Crippen molar-refractivity contribution in [3.8, 4) is 23.3 Å². The quantitative estimate of drug-likeness (QED) is 0.663. The van der Waals surface area contributed by atoms with Crippen LogP contribution in [0.2, 0.25) is 0 Å². The first-order chi connectivity index (χ1) is 12.4.